The van der Waals surface area contributed by atoms with E-state index in [4.69, 9.17) is 0 Å². The lowest BCUT2D eigenvalue weighted by Gasteiger charge is -2.33. The van der Waals surface area contributed by atoms with Gasteiger partial charge in [0, 0.05) is 13.1 Å². The molecule has 0 spiro atoms. The smallest absolute Gasteiger partial charge is 0.172 e. The molecule has 0 aromatic carbocycles. The minimum absolute atomic E-state index is 0.782. The van der Waals surface area contributed by atoms with Crippen molar-refractivity contribution in [2.24, 2.45) is 11.8 Å². The first-order valence-corrected chi connectivity index (χ1v) is 7.41. The maximum atomic E-state index is 12.6. The van der Waals surface area contributed by atoms with E-state index in [2.05, 4.69) is 27.4 Å². The van der Waals surface area contributed by atoms with Gasteiger partial charge in [0.1, 0.15) is 0 Å². The summed E-state index contributed by atoms with van der Waals surface area (Å²) in [4.78, 5) is 0. The van der Waals surface area contributed by atoms with Gasteiger partial charge in [-0.05, 0) is 36.6 Å². The highest BCUT2D eigenvalue weighted by Gasteiger charge is 2.22. The average molecular weight is 253 g/mol. The van der Waals surface area contributed by atoms with Gasteiger partial charge in [0.05, 0.1) is 0 Å². The molecular weight excluding hydrogens is 228 g/mol. The van der Waals surface area contributed by atoms with Gasteiger partial charge in [-0.1, -0.05) is 36.9 Å². The molecule has 2 unspecified atom stereocenters. The van der Waals surface area contributed by atoms with Crippen molar-refractivity contribution in [1.29, 1.82) is 0 Å². The van der Waals surface area contributed by atoms with Crippen LogP contribution in [-0.4, -0.2) is 22.6 Å². The molecule has 4 heteroatoms. The third-order valence-corrected chi connectivity index (χ3v) is 3.92. The van der Waals surface area contributed by atoms with Crippen LogP contribution in [0, 0.1) is 11.8 Å². The molecule has 1 heterocycles. The maximum Gasteiger partial charge on any atom is 0.172 e. The fraction of sp³-hybridized carbons (Fsp3) is 1.00. The van der Waals surface area contributed by atoms with E-state index in [0.29, 0.717) is 0 Å². The minimum atomic E-state index is -0.837. The second-order valence-electron chi connectivity index (χ2n) is 3.97. The lowest BCUT2D eigenvalue weighted by molar-refractivity contribution is 0.236. The first-order chi connectivity index (χ1) is 7.09. The summed E-state index contributed by atoms with van der Waals surface area (Å²) in [6, 6.07) is 0. The average Bonchev–Trinajstić information content (AvgIpc) is 2.20. The highest BCUT2D eigenvalue weighted by atomic mass is 32.2. The lowest BCUT2D eigenvalue weighted by atomic mass is 9.87. The molecule has 1 fully saturated rings. The number of rotatable bonds is 3. The van der Waals surface area contributed by atoms with Crippen molar-refractivity contribution in [2.75, 3.05) is 13.1 Å². The van der Waals surface area contributed by atoms with Crippen molar-refractivity contribution in [1.82, 2.24) is 4.31 Å². The van der Waals surface area contributed by atoms with E-state index >= 15 is 0 Å². The first-order valence-electron chi connectivity index (χ1n) is 5.91. The Morgan fingerprint density at radius 2 is 1.73 bits per heavy atom. The van der Waals surface area contributed by atoms with Crippen LogP contribution in [0.15, 0.2) is 0 Å². The third kappa shape index (κ3) is 6.76. The lowest BCUT2D eigenvalue weighted by Crippen LogP contribution is -2.31. The molecule has 0 saturated carbocycles. The second-order valence-corrected chi connectivity index (χ2v) is 6.21. The Balaban J connectivity index is 0.000000921. The van der Waals surface area contributed by atoms with Gasteiger partial charge in [-0.15, -0.1) is 0 Å². The van der Waals surface area contributed by atoms with Crippen LogP contribution >= 0.6 is 21.2 Å². The van der Waals surface area contributed by atoms with Crippen LogP contribution in [0.1, 0.15) is 40.5 Å². The zero-order chi connectivity index (χ0) is 11.8. The van der Waals surface area contributed by atoms with Gasteiger partial charge in [-0.25, -0.2) is 8.70 Å². The minimum Gasteiger partial charge on any atom is -0.248 e. The topological polar surface area (TPSA) is 3.24 Å². The number of hydrogen-bond donors (Lipinski definition) is 0. The summed E-state index contributed by atoms with van der Waals surface area (Å²) in [5.41, 5.74) is 0. The Labute approximate surface area is 101 Å². The summed E-state index contributed by atoms with van der Waals surface area (Å²) in [5, 5.41) is -0.837. The van der Waals surface area contributed by atoms with E-state index in [1.165, 1.54) is 24.8 Å². The predicted molar refractivity (Wildman–Crippen MR) is 72.7 cm³/mol. The van der Waals surface area contributed by atoms with Gasteiger partial charge in [0.2, 0.25) is 0 Å². The highest BCUT2D eigenvalue weighted by molar-refractivity contribution is 8.00. The van der Waals surface area contributed by atoms with Crippen molar-refractivity contribution in [2.45, 2.75) is 45.8 Å². The van der Waals surface area contributed by atoms with Gasteiger partial charge in [0.25, 0.3) is 0 Å². The molecule has 2 atom stereocenters. The summed E-state index contributed by atoms with van der Waals surface area (Å²) in [6.07, 6.45) is 2.45. The van der Waals surface area contributed by atoms with E-state index in [-0.39, 0.29) is 0 Å². The predicted octanol–water partition coefficient (Wildman–Crippen LogP) is 4.16. The van der Waals surface area contributed by atoms with Crippen LogP contribution in [0.25, 0.3) is 0 Å². The Hall–Kier alpha value is 0.670. The molecule has 0 aromatic rings. The van der Waals surface area contributed by atoms with E-state index in [1.54, 1.807) is 0 Å². The Bertz CT molecular complexity index is 148. The quantitative estimate of drug-likeness (QED) is 0.549. The molecule has 0 aromatic heterocycles. The van der Waals surface area contributed by atoms with Crippen LogP contribution in [0.4, 0.5) is 4.39 Å². The molecule has 1 saturated heterocycles. The number of piperidine rings is 1. The van der Waals surface area contributed by atoms with Gasteiger partial charge >= 0.3 is 0 Å². The van der Waals surface area contributed by atoms with E-state index in [1.807, 2.05) is 13.8 Å². The van der Waals surface area contributed by atoms with Crippen molar-refractivity contribution < 1.29 is 4.39 Å². The molecule has 0 radical (unpaired) electrons. The number of halogens is 1. The molecule has 1 aliphatic rings. The first kappa shape index (κ1) is 15.7. The third-order valence-electron chi connectivity index (χ3n) is 2.69. The summed E-state index contributed by atoms with van der Waals surface area (Å²) in [7, 11) is 2.19. The SMILES string of the molecule is CC.CC(C)C1CCN(SC(F)P)CC1. The zero-order valence-electron chi connectivity index (χ0n) is 10.4. The molecule has 0 N–H and O–H groups in total. The second kappa shape index (κ2) is 8.78. The molecule has 1 rings (SSSR count). The largest absolute Gasteiger partial charge is 0.248 e. The molecule has 1 aliphatic heterocycles. The van der Waals surface area contributed by atoms with Crippen molar-refractivity contribution in [3.05, 3.63) is 0 Å². The number of alkyl halides is 1. The number of hydrogen-bond acceptors (Lipinski definition) is 2. The highest BCUT2D eigenvalue weighted by Crippen LogP contribution is 2.31. The van der Waals surface area contributed by atoms with Gasteiger partial charge in [0.15, 0.2) is 5.24 Å². The monoisotopic (exact) mass is 253 g/mol. The van der Waals surface area contributed by atoms with Crippen LogP contribution in [0.2, 0.25) is 0 Å². The Morgan fingerprint density at radius 1 is 1.27 bits per heavy atom. The fourth-order valence-corrected chi connectivity index (χ4v) is 3.01. The summed E-state index contributed by atoms with van der Waals surface area (Å²) >= 11 is 1.32. The molecule has 0 amide bonds. The van der Waals surface area contributed by atoms with E-state index < -0.39 is 5.24 Å². The molecule has 15 heavy (non-hydrogen) atoms. The molecule has 0 aliphatic carbocycles. The van der Waals surface area contributed by atoms with Crippen LogP contribution in [-0.2, 0) is 0 Å². The summed E-state index contributed by atoms with van der Waals surface area (Å²) in [6.45, 7) is 10.6. The van der Waals surface area contributed by atoms with E-state index in [0.717, 1.165) is 24.9 Å². The molecule has 1 nitrogen and oxygen atoms in total. The van der Waals surface area contributed by atoms with Gasteiger partial charge in [-0.3, -0.25) is 0 Å². The zero-order valence-corrected chi connectivity index (χ0v) is 12.3. The Morgan fingerprint density at radius 3 is 2.07 bits per heavy atom. The van der Waals surface area contributed by atoms with Crippen LogP contribution < -0.4 is 0 Å². The van der Waals surface area contributed by atoms with Crippen molar-refractivity contribution in [3.8, 4) is 0 Å². The van der Waals surface area contributed by atoms with Crippen molar-refractivity contribution in [3.63, 3.8) is 0 Å². The maximum absolute atomic E-state index is 12.6. The van der Waals surface area contributed by atoms with Gasteiger partial charge in [-0.2, -0.15) is 0 Å². The standard InChI is InChI=1S/C9H19FNPS.C2H6/c1-7(2)8-3-5-11(6-4-8)13-9(10)12;1-2/h7-9H,3-6,12H2,1-2H3;1-2H3. The van der Waals surface area contributed by atoms with Crippen LogP contribution in [0.3, 0.4) is 0 Å². The Kier molecular flexibility index (Phi) is 9.17. The summed E-state index contributed by atoms with van der Waals surface area (Å²) in [5.74, 6) is 1.63. The molecule has 92 valence electrons. The normalized spacial score (nSPS) is 21.0. The summed E-state index contributed by atoms with van der Waals surface area (Å²) < 4.78 is 14.8. The van der Waals surface area contributed by atoms with Crippen molar-refractivity contribution >= 4 is 21.2 Å². The van der Waals surface area contributed by atoms with Crippen LogP contribution in [0.5, 0.6) is 0 Å². The van der Waals surface area contributed by atoms with E-state index in [9.17, 15) is 4.39 Å². The van der Waals surface area contributed by atoms with Gasteiger partial charge < -0.3 is 0 Å². The fourth-order valence-electron chi connectivity index (χ4n) is 1.79. The molecular formula is C11H25FNPS. The molecule has 0 bridgehead atoms. The number of nitrogens with zero attached hydrogens (tertiary/aromatic N) is 1.